The number of halogens is 3. The lowest BCUT2D eigenvalue weighted by Gasteiger charge is -2.37. The molecule has 0 amide bonds. The van der Waals surface area contributed by atoms with Crippen molar-refractivity contribution in [1.82, 2.24) is 0 Å². The van der Waals surface area contributed by atoms with Gasteiger partial charge in [-0.1, -0.05) is 58.0 Å². The lowest BCUT2D eigenvalue weighted by atomic mass is 9.92. The zero-order chi connectivity index (χ0) is 21.8. The van der Waals surface area contributed by atoms with Crippen molar-refractivity contribution in [2.75, 3.05) is 20.3 Å². The minimum absolute atomic E-state index is 0.0121. The van der Waals surface area contributed by atoms with Crippen LogP contribution < -0.4 is 0 Å². The molecule has 0 bridgehead atoms. The highest BCUT2D eigenvalue weighted by Crippen LogP contribution is 2.43. The summed E-state index contributed by atoms with van der Waals surface area (Å²) in [5, 5.41) is 0.0121. The van der Waals surface area contributed by atoms with Crippen LogP contribution in [0.15, 0.2) is 30.3 Å². The molecule has 8 heteroatoms. The van der Waals surface area contributed by atoms with Crippen LogP contribution in [0.2, 0.25) is 18.1 Å². The summed E-state index contributed by atoms with van der Waals surface area (Å²) in [5.74, 6) is -1.73. The predicted octanol–water partition coefficient (Wildman–Crippen LogP) is 5.29. The molecule has 0 radical (unpaired) electrons. The van der Waals surface area contributed by atoms with Gasteiger partial charge in [0.05, 0.1) is 6.61 Å². The first-order valence-corrected chi connectivity index (χ1v) is 12.1. The molecular formula is C20H31F3O4Si. The zero-order valence-corrected chi connectivity index (χ0v) is 18.6. The molecule has 4 nitrogen and oxygen atoms in total. The molecule has 1 aromatic rings. The van der Waals surface area contributed by atoms with Crippen molar-refractivity contribution in [3.8, 4) is 0 Å². The zero-order valence-electron chi connectivity index (χ0n) is 17.6. The van der Waals surface area contributed by atoms with Crippen LogP contribution in [-0.2, 0) is 24.3 Å². The van der Waals surface area contributed by atoms with Gasteiger partial charge in [0.2, 0.25) is 0 Å². The third-order valence-electron chi connectivity index (χ3n) is 5.21. The van der Waals surface area contributed by atoms with E-state index in [0.717, 1.165) is 7.11 Å². The van der Waals surface area contributed by atoms with E-state index in [1.807, 2.05) is 0 Å². The van der Waals surface area contributed by atoms with E-state index in [1.54, 1.807) is 13.0 Å². The molecule has 1 aromatic carbocycles. The molecule has 1 rings (SSSR count). The monoisotopic (exact) mass is 420 g/mol. The van der Waals surface area contributed by atoms with Gasteiger partial charge in [0.1, 0.15) is 0 Å². The van der Waals surface area contributed by atoms with Gasteiger partial charge in [0.15, 0.2) is 8.32 Å². The van der Waals surface area contributed by atoms with Crippen LogP contribution in [0.5, 0.6) is 0 Å². The maximum Gasteiger partial charge on any atom is 0.432 e. The molecule has 0 aliphatic rings. The molecule has 0 N–H and O–H groups in total. The molecule has 160 valence electrons. The highest BCUT2D eigenvalue weighted by atomic mass is 28.4. The number of hydrogen-bond acceptors (Lipinski definition) is 4. The van der Waals surface area contributed by atoms with E-state index < -0.39 is 26.1 Å². The quantitative estimate of drug-likeness (QED) is 0.423. The van der Waals surface area contributed by atoms with Gasteiger partial charge >= 0.3 is 12.1 Å². The maximum atomic E-state index is 13.8. The number of carbonyl (C=O) groups excluding carboxylic acids is 1. The smallest absolute Gasteiger partial charge is 0.432 e. The van der Waals surface area contributed by atoms with Gasteiger partial charge in [-0.25, -0.2) is 4.79 Å². The molecule has 0 fully saturated rings. The Hall–Kier alpha value is -1.38. The fourth-order valence-electron chi connectivity index (χ4n) is 2.32. The molecule has 0 aliphatic carbocycles. The van der Waals surface area contributed by atoms with Crippen LogP contribution in [-0.4, -0.2) is 40.8 Å². The van der Waals surface area contributed by atoms with Crippen molar-refractivity contribution in [3.63, 3.8) is 0 Å². The standard InChI is InChI=1S/C20H31F3O4Si/c1-15(14-27-28(6,7)18(2,3)4)13-26-17(24)19(25-5,20(21,22)23)16-11-9-8-10-12-16/h8-12,15H,13-14H2,1-7H3/t15-,19-/m0/s1. The number of carbonyl (C=O) groups is 1. The van der Waals surface area contributed by atoms with E-state index in [2.05, 4.69) is 33.9 Å². The van der Waals surface area contributed by atoms with Crippen molar-refractivity contribution < 1.29 is 31.9 Å². The van der Waals surface area contributed by atoms with Crippen LogP contribution in [0.1, 0.15) is 33.3 Å². The molecule has 0 saturated carbocycles. The Morgan fingerprint density at radius 2 is 1.61 bits per heavy atom. The maximum absolute atomic E-state index is 13.8. The molecule has 0 unspecified atom stereocenters. The van der Waals surface area contributed by atoms with Crippen LogP contribution >= 0.6 is 0 Å². The van der Waals surface area contributed by atoms with E-state index in [4.69, 9.17) is 13.9 Å². The van der Waals surface area contributed by atoms with Crippen molar-refractivity contribution in [3.05, 3.63) is 35.9 Å². The van der Waals surface area contributed by atoms with E-state index in [0.29, 0.717) is 6.61 Å². The van der Waals surface area contributed by atoms with Gasteiger partial charge in [0, 0.05) is 25.2 Å². The van der Waals surface area contributed by atoms with Gasteiger partial charge in [-0.3, -0.25) is 0 Å². The van der Waals surface area contributed by atoms with Crippen LogP contribution in [0.3, 0.4) is 0 Å². The predicted molar refractivity (Wildman–Crippen MR) is 104 cm³/mol. The minimum Gasteiger partial charge on any atom is -0.463 e. The normalized spacial score (nSPS) is 16.4. The number of rotatable bonds is 8. The van der Waals surface area contributed by atoms with E-state index in [-0.39, 0.29) is 23.1 Å². The van der Waals surface area contributed by atoms with Crippen molar-refractivity contribution in [2.45, 2.75) is 57.6 Å². The fraction of sp³-hybridized carbons (Fsp3) is 0.650. The molecule has 2 atom stereocenters. The average Bonchev–Trinajstić information content (AvgIpc) is 2.58. The van der Waals surface area contributed by atoms with Gasteiger partial charge in [0.25, 0.3) is 5.60 Å². The first-order chi connectivity index (χ1) is 12.7. The SMILES string of the molecule is CO[C@](C(=O)OC[C@H](C)CO[Si](C)(C)C(C)(C)C)(c1ccccc1)C(F)(F)F. The largest absolute Gasteiger partial charge is 0.463 e. The van der Waals surface area contributed by atoms with Crippen molar-refractivity contribution in [2.24, 2.45) is 5.92 Å². The lowest BCUT2D eigenvalue weighted by molar-refractivity contribution is -0.276. The van der Waals surface area contributed by atoms with Crippen LogP contribution in [0.4, 0.5) is 13.2 Å². The summed E-state index contributed by atoms with van der Waals surface area (Å²) in [7, 11) is -1.14. The number of ether oxygens (including phenoxy) is 2. The first kappa shape index (κ1) is 24.7. The van der Waals surface area contributed by atoms with Gasteiger partial charge < -0.3 is 13.9 Å². The summed E-state index contributed by atoms with van der Waals surface area (Å²) >= 11 is 0. The van der Waals surface area contributed by atoms with E-state index in [9.17, 15) is 18.0 Å². The Morgan fingerprint density at radius 3 is 2.04 bits per heavy atom. The highest BCUT2D eigenvalue weighted by Gasteiger charge is 2.64. The summed E-state index contributed by atoms with van der Waals surface area (Å²) in [6, 6.07) is 6.78. The number of esters is 1. The van der Waals surface area contributed by atoms with Crippen LogP contribution in [0, 0.1) is 5.92 Å². The summed E-state index contributed by atoms with van der Waals surface area (Å²) < 4.78 is 57.3. The second kappa shape index (κ2) is 8.96. The topological polar surface area (TPSA) is 44.8 Å². The Kier molecular flexibility index (Phi) is 7.89. The van der Waals surface area contributed by atoms with Crippen LogP contribution in [0.25, 0.3) is 0 Å². The van der Waals surface area contributed by atoms with Crippen molar-refractivity contribution in [1.29, 1.82) is 0 Å². The third-order valence-corrected chi connectivity index (χ3v) is 9.71. The van der Waals surface area contributed by atoms with Gasteiger partial charge in [-0.15, -0.1) is 0 Å². The second-order valence-electron chi connectivity index (χ2n) is 8.52. The molecule has 28 heavy (non-hydrogen) atoms. The Balaban J connectivity index is 2.88. The Labute approximate surface area is 166 Å². The van der Waals surface area contributed by atoms with E-state index >= 15 is 0 Å². The highest BCUT2D eigenvalue weighted by molar-refractivity contribution is 6.74. The number of alkyl halides is 3. The molecule has 0 spiro atoms. The summed E-state index contributed by atoms with van der Waals surface area (Å²) in [4.78, 5) is 12.5. The van der Waals surface area contributed by atoms with Gasteiger partial charge in [-0.2, -0.15) is 13.2 Å². The Morgan fingerprint density at radius 1 is 1.07 bits per heavy atom. The van der Waals surface area contributed by atoms with Crippen molar-refractivity contribution >= 4 is 14.3 Å². The molecule has 0 heterocycles. The molecule has 0 aliphatic heterocycles. The number of methoxy groups -OCH3 is 1. The number of hydrogen-bond donors (Lipinski definition) is 0. The summed E-state index contributed by atoms with van der Waals surface area (Å²) in [5.41, 5.74) is -3.48. The summed E-state index contributed by atoms with van der Waals surface area (Å²) in [6.45, 7) is 12.3. The lowest BCUT2D eigenvalue weighted by Crippen LogP contribution is -2.52. The number of benzene rings is 1. The molecular weight excluding hydrogens is 389 g/mol. The molecule has 0 aromatic heterocycles. The Bertz CT molecular complexity index is 641. The van der Waals surface area contributed by atoms with Gasteiger partial charge in [-0.05, 0) is 18.1 Å². The first-order valence-electron chi connectivity index (χ1n) is 9.17. The summed E-state index contributed by atoms with van der Waals surface area (Å²) in [6.07, 6.45) is -4.97. The average molecular weight is 421 g/mol. The second-order valence-corrected chi connectivity index (χ2v) is 13.3. The minimum atomic E-state index is -4.97. The molecule has 0 saturated heterocycles. The van der Waals surface area contributed by atoms with E-state index in [1.165, 1.54) is 24.3 Å². The fourth-order valence-corrected chi connectivity index (χ4v) is 3.46. The third kappa shape index (κ3) is 5.36.